The normalized spacial score (nSPS) is 18.5. The van der Waals surface area contributed by atoms with E-state index in [-0.39, 0.29) is 40.8 Å². The highest BCUT2D eigenvalue weighted by Gasteiger charge is 2.57. The molecule has 0 radical (unpaired) electrons. The van der Waals surface area contributed by atoms with Crippen molar-refractivity contribution in [2.45, 2.75) is 50.0 Å². The lowest BCUT2D eigenvalue weighted by Gasteiger charge is -2.31. The minimum absolute atomic E-state index is 0.00124. The van der Waals surface area contributed by atoms with Crippen LogP contribution < -0.4 is 20.5 Å². The van der Waals surface area contributed by atoms with E-state index in [9.17, 15) is 32.3 Å². The maximum absolute atomic E-state index is 14.8. The van der Waals surface area contributed by atoms with Crippen LogP contribution in [-0.2, 0) is 15.8 Å². The minimum atomic E-state index is -5.36. The van der Waals surface area contributed by atoms with Gasteiger partial charge in [-0.05, 0) is 86.8 Å². The van der Waals surface area contributed by atoms with Crippen LogP contribution in [0, 0.1) is 12.7 Å². The Hall–Kier alpha value is -5.04. The highest BCUT2D eigenvalue weighted by Crippen LogP contribution is 2.47. The van der Waals surface area contributed by atoms with Gasteiger partial charge in [-0.1, -0.05) is 6.07 Å². The van der Waals surface area contributed by atoms with E-state index in [4.69, 9.17) is 15.2 Å². The summed E-state index contributed by atoms with van der Waals surface area (Å²) in [5.74, 6) is -1.95. The average Bonchev–Trinajstić information content (AvgIpc) is 3.79. The predicted octanol–water partition coefficient (Wildman–Crippen LogP) is 5.11. The summed E-state index contributed by atoms with van der Waals surface area (Å²) in [6, 6.07) is 13.6. The van der Waals surface area contributed by atoms with Gasteiger partial charge in [-0.3, -0.25) is 14.6 Å². The van der Waals surface area contributed by atoms with Crippen molar-refractivity contribution in [3.8, 4) is 34.0 Å². The number of primary amides is 1. The number of rotatable bonds is 9. The second kappa shape index (κ2) is 11.6. The molecule has 3 heterocycles. The number of fused-ring (bicyclic) bond motifs is 1. The third-order valence-corrected chi connectivity index (χ3v) is 8.38. The first kappa shape index (κ1) is 31.9. The fourth-order valence-corrected chi connectivity index (χ4v) is 5.22. The number of ether oxygens (including phenoxy) is 2. The fraction of sp³-hybridized carbons (Fsp3) is 0.294. The number of nitrogens with one attached hydrogen (secondary N) is 1. The number of benzene rings is 2. The molecule has 1 aliphatic carbocycles. The Labute approximate surface area is 266 Å². The van der Waals surface area contributed by atoms with Gasteiger partial charge >= 0.3 is 6.18 Å². The number of alkyl halides is 3. The van der Waals surface area contributed by atoms with Crippen LogP contribution in [0.4, 0.5) is 17.6 Å². The maximum atomic E-state index is 14.8. The highest BCUT2D eigenvalue weighted by atomic mass is 19.4. The molecule has 2 aliphatic rings. The summed E-state index contributed by atoms with van der Waals surface area (Å²) in [6.45, 7) is 1.63. The van der Waals surface area contributed by atoms with E-state index in [2.05, 4.69) is 15.3 Å². The molecule has 6 rings (SSSR count). The molecule has 9 nitrogen and oxygen atoms in total. The van der Waals surface area contributed by atoms with Crippen molar-refractivity contribution in [2.75, 3.05) is 13.2 Å². The number of carbonyl (C=O) groups excluding carboxylic acids is 2. The van der Waals surface area contributed by atoms with Crippen LogP contribution >= 0.6 is 0 Å². The predicted molar refractivity (Wildman–Crippen MR) is 162 cm³/mol. The average molecular weight is 651 g/mol. The summed E-state index contributed by atoms with van der Waals surface area (Å²) in [4.78, 5) is 34.3. The van der Waals surface area contributed by atoms with Crippen molar-refractivity contribution >= 4 is 11.8 Å². The molecule has 0 unspecified atom stereocenters. The van der Waals surface area contributed by atoms with E-state index in [0.29, 0.717) is 17.0 Å². The van der Waals surface area contributed by atoms with Crippen LogP contribution in [0.15, 0.2) is 66.9 Å². The van der Waals surface area contributed by atoms with Crippen molar-refractivity contribution in [1.29, 1.82) is 0 Å². The number of nitrogens with two attached hydrogens (primary N) is 1. The smallest absolute Gasteiger partial charge is 0.424 e. The minimum Gasteiger partial charge on any atom is -0.490 e. The van der Waals surface area contributed by atoms with Gasteiger partial charge in [0.2, 0.25) is 11.5 Å². The first-order chi connectivity index (χ1) is 22.2. The van der Waals surface area contributed by atoms with Crippen LogP contribution in [0.3, 0.4) is 0 Å². The quantitative estimate of drug-likeness (QED) is 0.214. The molecule has 0 spiro atoms. The standard InChI is InChI=1S/C34H30F4N4O5/c1-18-3-11-25(40-15-18)23-13-20(6-12-26(23)47-22-9-10-22)30(43)41-16-33(45,34(36,37)38)27-14-24-29(46-17-32(24,2)31(39)44)28(42-27)19-4-7-21(35)8-5-19/h3-8,11-15,22,45H,9-10,16-17H2,1-2H3,(H2,39,44)(H,41,43)/t32-,33-/m0/s1. The largest absolute Gasteiger partial charge is 0.490 e. The van der Waals surface area contributed by atoms with Gasteiger partial charge in [0.1, 0.15) is 35.0 Å². The third-order valence-electron chi connectivity index (χ3n) is 8.38. The molecule has 4 aromatic rings. The first-order valence-corrected chi connectivity index (χ1v) is 14.8. The van der Waals surface area contributed by atoms with Crippen LogP contribution in [0.1, 0.15) is 46.9 Å². The van der Waals surface area contributed by atoms with Gasteiger partial charge in [-0.15, -0.1) is 0 Å². The van der Waals surface area contributed by atoms with Crippen LogP contribution in [-0.4, -0.2) is 52.3 Å². The zero-order chi connectivity index (χ0) is 33.7. The number of pyridine rings is 2. The van der Waals surface area contributed by atoms with Crippen LogP contribution in [0.2, 0.25) is 0 Å². The van der Waals surface area contributed by atoms with Gasteiger partial charge in [0, 0.05) is 28.5 Å². The zero-order valence-corrected chi connectivity index (χ0v) is 25.3. The lowest BCUT2D eigenvalue weighted by molar-refractivity contribution is -0.265. The molecule has 2 amide bonds. The zero-order valence-electron chi connectivity index (χ0n) is 25.3. The Bertz CT molecular complexity index is 1860. The molecule has 2 atom stereocenters. The Kier molecular flexibility index (Phi) is 7.91. The number of aryl methyl sites for hydroxylation is 1. The van der Waals surface area contributed by atoms with Crippen molar-refractivity contribution in [3.63, 3.8) is 0 Å². The number of amides is 2. The molecule has 4 N–H and O–H groups in total. The number of nitrogens with zero attached hydrogens (tertiary/aromatic N) is 2. The van der Waals surface area contributed by atoms with Crippen molar-refractivity contribution in [3.05, 3.63) is 95.1 Å². The molecule has 0 saturated heterocycles. The number of aliphatic hydroxyl groups is 1. The second-order valence-corrected chi connectivity index (χ2v) is 12.0. The molecular weight excluding hydrogens is 620 g/mol. The number of halogens is 4. The number of carbonyl (C=O) groups is 2. The van der Waals surface area contributed by atoms with Crippen molar-refractivity contribution in [1.82, 2.24) is 15.3 Å². The highest BCUT2D eigenvalue weighted by molar-refractivity contribution is 5.96. The Morgan fingerprint density at radius 3 is 2.45 bits per heavy atom. The molecule has 1 aliphatic heterocycles. The van der Waals surface area contributed by atoms with E-state index < -0.39 is 47.1 Å². The molecule has 1 saturated carbocycles. The lowest BCUT2D eigenvalue weighted by Crippen LogP contribution is -2.51. The van der Waals surface area contributed by atoms with Gasteiger partial charge in [0.15, 0.2) is 0 Å². The van der Waals surface area contributed by atoms with E-state index >= 15 is 0 Å². The Balaban J connectivity index is 1.37. The molecule has 47 heavy (non-hydrogen) atoms. The van der Waals surface area contributed by atoms with Crippen molar-refractivity contribution < 1.29 is 41.7 Å². The van der Waals surface area contributed by atoms with Gasteiger partial charge in [0.25, 0.3) is 5.91 Å². The maximum Gasteiger partial charge on any atom is 0.424 e. The molecule has 2 aromatic carbocycles. The summed E-state index contributed by atoms with van der Waals surface area (Å²) < 4.78 is 69.8. The summed E-state index contributed by atoms with van der Waals surface area (Å²) in [6.07, 6.45) is -1.93. The fourth-order valence-electron chi connectivity index (χ4n) is 5.22. The van der Waals surface area contributed by atoms with E-state index in [1.165, 1.54) is 31.2 Å². The SMILES string of the molecule is Cc1ccc(-c2cc(C(=O)NC[C@](O)(c3cc4c(c(-c5ccc(F)cc5)n3)OC[C@]4(C)C(N)=O)C(F)(F)F)ccc2OC2CC2)nc1. The summed E-state index contributed by atoms with van der Waals surface area (Å²) in [5, 5.41) is 13.5. The first-order valence-electron chi connectivity index (χ1n) is 14.8. The molecular formula is C34H30F4N4O5. The molecule has 1 fully saturated rings. The number of aromatic nitrogens is 2. The molecule has 2 aromatic heterocycles. The second-order valence-electron chi connectivity index (χ2n) is 12.0. The molecule has 244 valence electrons. The number of hydrogen-bond donors (Lipinski definition) is 3. The summed E-state index contributed by atoms with van der Waals surface area (Å²) in [7, 11) is 0. The van der Waals surface area contributed by atoms with Crippen LogP contribution in [0.25, 0.3) is 22.5 Å². The van der Waals surface area contributed by atoms with Crippen molar-refractivity contribution in [2.24, 2.45) is 5.73 Å². The monoisotopic (exact) mass is 650 g/mol. The Morgan fingerprint density at radius 2 is 1.83 bits per heavy atom. The van der Waals surface area contributed by atoms with E-state index in [0.717, 1.165) is 36.6 Å². The van der Waals surface area contributed by atoms with E-state index in [1.54, 1.807) is 18.3 Å². The Morgan fingerprint density at radius 1 is 1.11 bits per heavy atom. The topological polar surface area (TPSA) is 137 Å². The van der Waals surface area contributed by atoms with Gasteiger partial charge in [0.05, 0.1) is 24.0 Å². The summed E-state index contributed by atoms with van der Waals surface area (Å²) >= 11 is 0. The number of hydrogen-bond acceptors (Lipinski definition) is 7. The van der Waals surface area contributed by atoms with Gasteiger partial charge < -0.3 is 25.6 Å². The molecule has 13 heteroatoms. The molecule has 0 bridgehead atoms. The summed E-state index contributed by atoms with van der Waals surface area (Å²) in [5.41, 5.74) is 1.25. The van der Waals surface area contributed by atoms with Crippen LogP contribution in [0.5, 0.6) is 11.5 Å². The third kappa shape index (κ3) is 5.98. The lowest BCUT2D eigenvalue weighted by atomic mass is 9.81. The van der Waals surface area contributed by atoms with E-state index in [1.807, 2.05) is 13.0 Å². The van der Waals surface area contributed by atoms with Gasteiger partial charge in [-0.2, -0.15) is 13.2 Å². The van der Waals surface area contributed by atoms with Gasteiger partial charge in [-0.25, -0.2) is 9.37 Å².